The first-order valence-corrected chi connectivity index (χ1v) is 9.30. The SMILES string of the molecule is CC(c1ccc(N2CCN(C(=O)OC(C)(C)C)CC2)cc1)C(C)(C)C. The highest BCUT2D eigenvalue weighted by Gasteiger charge is 2.26. The van der Waals surface area contributed by atoms with E-state index in [1.54, 1.807) is 4.90 Å². The van der Waals surface area contributed by atoms with Crippen LogP contribution in [0.1, 0.15) is 59.9 Å². The van der Waals surface area contributed by atoms with E-state index >= 15 is 0 Å². The third-order valence-electron chi connectivity index (χ3n) is 4.99. The maximum absolute atomic E-state index is 12.2. The zero-order valence-electron chi connectivity index (χ0n) is 16.9. The van der Waals surface area contributed by atoms with Crippen LogP contribution in [0, 0.1) is 5.41 Å². The Morgan fingerprint density at radius 1 is 0.960 bits per heavy atom. The van der Waals surface area contributed by atoms with Crippen molar-refractivity contribution < 1.29 is 9.53 Å². The lowest BCUT2D eigenvalue weighted by atomic mass is 9.78. The largest absolute Gasteiger partial charge is 0.444 e. The summed E-state index contributed by atoms with van der Waals surface area (Å²) in [4.78, 5) is 16.3. The van der Waals surface area contributed by atoms with Gasteiger partial charge >= 0.3 is 6.09 Å². The van der Waals surface area contributed by atoms with Gasteiger partial charge in [-0.3, -0.25) is 0 Å². The van der Waals surface area contributed by atoms with E-state index in [4.69, 9.17) is 4.74 Å². The Labute approximate surface area is 153 Å². The summed E-state index contributed by atoms with van der Waals surface area (Å²) in [6.07, 6.45) is -0.207. The molecule has 1 heterocycles. The molecule has 1 atom stereocenters. The number of amides is 1. The van der Waals surface area contributed by atoms with Crippen molar-refractivity contribution in [3.05, 3.63) is 29.8 Å². The number of rotatable bonds is 2. The van der Waals surface area contributed by atoms with E-state index in [1.165, 1.54) is 11.3 Å². The van der Waals surface area contributed by atoms with Gasteiger partial charge in [-0.1, -0.05) is 39.8 Å². The monoisotopic (exact) mass is 346 g/mol. The van der Waals surface area contributed by atoms with Gasteiger partial charge in [0.25, 0.3) is 0 Å². The van der Waals surface area contributed by atoms with Crippen LogP contribution >= 0.6 is 0 Å². The molecule has 0 bridgehead atoms. The number of nitrogens with zero attached hydrogens (tertiary/aromatic N) is 2. The number of carbonyl (C=O) groups excluding carboxylic acids is 1. The van der Waals surface area contributed by atoms with Gasteiger partial charge in [0, 0.05) is 31.9 Å². The number of hydrogen-bond donors (Lipinski definition) is 0. The molecule has 1 aromatic rings. The van der Waals surface area contributed by atoms with Gasteiger partial charge < -0.3 is 14.5 Å². The van der Waals surface area contributed by atoms with Crippen LogP contribution < -0.4 is 4.90 Å². The minimum Gasteiger partial charge on any atom is -0.444 e. The molecule has 1 saturated heterocycles. The highest BCUT2D eigenvalue weighted by atomic mass is 16.6. The van der Waals surface area contributed by atoms with Crippen LogP contribution in [0.2, 0.25) is 0 Å². The lowest BCUT2D eigenvalue weighted by Gasteiger charge is -2.37. The molecule has 25 heavy (non-hydrogen) atoms. The van der Waals surface area contributed by atoms with E-state index in [9.17, 15) is 4.79 Å². The number of carbonyl (C=O) groups is 1. The summed E-state index contributed by atoms with van der Waals surface area (Å²) in [5.41, 5.74) is 2.44. The smallest absolute Gasteiger partial charge is 0.410 e. The number of piperazine rings is 1. The Kier molecular flexibility index (Phi) is 5.70. The Balaban J connectivity index is 1.94. The maximum Gasteiger partial charge on any atom is 0.410 e. The fourth-order valence-electron chi connectivity index (χ4n) is 2.95. The summed E-state index contributed by atoms with van der Waals surface area (Å²) in [5, 5.41) is 0. The van der Waals surface area contributed by atoms with Crippen LogP contribution in [0.3, 0.4) is 0 Å². The van der Waals surface area contributed by atoms with Crippen LogP contribution in [-0.4, -0.2) is 42.8 Å². The predicted octanol–water partition coefficient (Wildman–Crippen LogP) is 4.89. The van der Waals surface area contributed by atoms with Crippen molar-refractivity contribution in [1.29, 1.82) is 0 Å². The normalized spacial score (nSPS) is 17.4. The number of anilines is 1. The van der Waals surface area contributed by atoms with E-state index < -0.39 is 5.60 Å². The summed E-state index contributed by atoms with van der Waals surface area (Å²) < 4.78 is 5.46. The van der Waals surface area contributed by atoms with E-state index in [0.717, 1.165) is 13.1 Å². The molecule has 1 fully saturated rings. The topological polar surface area (TPSA) is 32.8 Å². The van der Waals surface area contributed by atoms with Crippen molar-refractivity contribution >= 4 is 11.8 Å². The fourth-order valence-corrected chi connectivity index (χ4v) is 2.95. The standard InChI is InChI=1S/C21H34N2O2/c1-16(20(2,3)4)17-8-10-18(11-9-17)22-12-14-23(15-13-22)19(24)25-21(5,6)7/h8-11,16H,12-15H2,1-7H3. The third kappa shape index (κ3) is 5.38. The maximum atomic E-state index is 12.2. The van der Waals surface area contributed by atoms with Crippen LogP contribution in [0.5, 0.6) is 0 Å². The molecule has 4 heteroatoms. The summed E-state index contributed by atoms with van der Waals surface area (Å²) in [7, 11) is 0. The zero-order valence-corrected chi connectivity index (χ0v) is 16.9. The molecule has 1 aliphatic rings. The van der Waals surface area contributed by atoms with E-state index in [2.05, 4.69) is 56.9 Å². The number of ether oxygens (including phenoxy) is 1. The molecule has 1 unspecified atom stereocenters. The first-order chi connectivity index (χ1) is 11.5. The third-order valence-corrected chi connectivity index (χ3v) is 4.99. The molecule has 0 aromatic heterocycles. The van der Waals surface area contributed by atoms with Crippen molar-refractivity contribution in [1.82, 2.24) is 4.90 Å². The van der Waals surface area contributed by atoms with Crippen molar-refractivity contribution in [2.45, 2.75) is 60.0 Å². The first kappa shape index (κ1) is 19.6. The Morgan fingerprint density at radius 2 is 1.48 bits per heavy atom. The van der Waals surface area contributed by atoms with Crippen LogP contribution in [0.4, 0.5) is 10.5 Å². The van der Waals surface area contributed by atoms with E-state index in [1.807, 2.05) is 20.8 Å². The van der Waals surface area contributed by atoms with Gasteiger partial charge in [-0.25, -0.2) is 4.79 Å². The molecule has 140 valence electrons. The van der Waals surface area contributed by atoms with Crippen LogP contribution in [0.15, 0.2) is 24.3 Å². The second-order valence-electron chi connectivity index (χ2n) is 9.13. The van der Waals surface area contributed by atoms with Crippen LogP contribution in [-0.2, 0) is 4.74 Å². The minimum absolute atomic E-state index is 0.207. The van der Waals surface area contributed by atoms with Crippen molar-refractivity contribution in [2.24, 2.45) is 5.41 Å². The quantitative estimate of drug-likeness (QED) is 0.764. The van der Waals surface area contributed by atoms with Gasteiger partial charge in [0.1, 0.15) is 5.60 Å². The summed E-state index contributed by atoms with van der Waals surface area (Å²) in [6.45, 7) is 17.9. The molecule has 0 spiro atoms. The second kappa shape index (κ2) is 7.27. The number of hydrogen-bond acceptors (Lipinski definition) is 3. The molecule has 2 rings (SSSR count). The number of benzene rings is 1. The molecule has 1 aromatic carbocycles. The summed E-state index contributed by atoms with van der Waals surface area (Å²) >= 11 is 0. The molecule has 4 nitrogen and oxygen atoms in total. The Bertz CT molecular complexity index is 573. The van der Waals surface area contributed by atoms with Gasteiger partial charge in [0.2, 0.25) is 0 Å². The lowest BCUT2D eigenvalue weighted by molar-refractivity contribution is 0.0240. The van der Waals surface area contributed by atoms with E-state index in [-0.39, 0.29) is 11.5 Å². The molecular formula is C21H34N2O2. The summed E-state index contributed by atoms with van der Waals surface area (Å²) in [6, 6.07) is 8.90. The molecule has 0 radical (unpaired) electrons. The Hall–Kier alpha value is -1.71. The van der Waals surface area contributed by atoms with Gasteiger partial charge in [0.15, 0.2) is 0 Å². The van der Waals surface area contributed by atoms with Crippen molar-refractivity contribution in [3.8, 4) is 0 Å². The lowest BCUT2D eigenvalue weighted by Crippen LogP contribution is -2.50. The highest BCUT2D eigenvalue weighted by molar-refractivity contribution is 5.68. The molecule has 0 N–H and O–H groups in total. The van der Waals surface area contributed by atoms with Gasteiger partial charge in [-0.2, -0.15) is 0 Å². The van der Waals surface area contributed by atoms with Crippen molar-refractivity contribution in [3.63, 3.8) is 0 Å². The van der Waals surface area contributed by atoms with E-state index in [0.29, 0.717) is 19.0 Å². The zero-order chi connectivity index (χ0) is 18.8. The molecule has 0 saturated carbocycles. The average Bonchev–Trinajstić information content (AvgIpc) is 2.52. The molecular weight excluding hydrogens is 312 g/mol. The average molecular weight is 347 g/mol. The van der Waals surface area contributed by atoms with Crippen LogP contribution in [0.25, 0.3) is 0 Å². The predicted molar refractivity (Wildman–Crippen MR) is 104 cm³/mol. The second-order valence-corrected chi connectivity index (χ2v) is 9.13. The molecule has 1 amide bonds. The Morgan fingerprint density at radius 3 is 1.92 bits per heavy atom. The minimum atomic E-state index is -0.437. The molecule has 1 aliphatic heterocycles. The van der Waals surface area contributed by atoms with Crippen molar-refractivity contribution in [2.75, 3.05) is 31.1 Å². The first-order valence-electron chi connectivity index (χ1n) is 9.30. The summed E-state index contributed by atoms with van der Waals surface area (Å²) in [5.74, 6) is 0.519. The van der Waals surface area contributed by atoms with Gasteiger partial charge in [-0.05, 0) is 49.8 Å². The fraction of sp³-hybridized carbons (Fsp3) is 0.667. The highest BCUT2D eigenvalue weighted by Crippen LogP contribution is 2.35. The molecule has 0 aliphatic carbocycles. The van der Waals surface area contributed by atoms with Gasteiger partial charge in [-0.15, -0.1) is 0 Å². The van der Waals surface area contributed by atoms with Gasteiger partial charge in [0.05, 0.1) is 0 Å².